The molecule has 0 radical (unpaired) electrons. The third kappa shape index (κ3) is 3.27. The lowest BCUT2D eigenvalue weighted by Crippen LogP contribution is -2.29. The molecule has 1 atom stereocenters. The average Bonchev–Trinajstić information content (AvgIpc) is 3.35. The molecular formula is C22H21N7O5. The zero-order valence-electron chi connectivity index (χ0n) is 18.8. The maximum atomic E-state index is 12.9. The minimum Gasteiger partial charge on any atom is -0.497 e. The molecule has 4 aromatic rings. The van der Waals surface area contributed by atoms with Gasteiger partial charge in [0.1, 0.15) is 23.2 Å². The van der Waals surface area contributed by atoms with Crippen LogP contribution in [0.2, 0.25) is 0 Å². The number of aromatic nitrogens is 6. The average molecular weight is 463 g/mol. The number of H-pyrrole nitrogens is 1. The second kappa shape index (κ2) is 8.39. The fraction of sp³-hybridized carbons (Fsp3) is 0.227. The third-order valence-corrected chi connectivity index (χ3v) is 5.66. The van der Waals surface area contributed by atoms with Gasteiger partial charge in [-0.1, -0.05) is 5.10 Å². The van der Waals surface area contributed by atoms with E-state index in [0.29, 0.717) is 51.3 Å². The van der Waals surface area contributed by atoms with Crippen molar-refractivity contribution in [2.24, 2.45) is 0 Å². The molecule has 12 nitrogen and oxygen atoms in total. The zero-order chi connectivity index (χ0) is 23.8. The molecule has 34 heavy (non-hydrogen) atoms. The van der Waals surface area contributed by atoms with E-state index in [2.05, 4.69) is 31.0 Å². The van der Waals surface area contributed by atoms with Crippen LogP contribution in [0.5, 0.6) is 23.0 Å². The number of fused-ring (bicyclic) bond motifs is 2. The molecule has 1 aliphatic rings. The number of hydrogen-bond donors (Lipinski definition) is 2. The minimum atomic E-state index is -0.625. The van der Waals surface area contributed by atoms with Crippen LogP contribution >= 0.6 is 0 Å². The smallest absolute Gasteiger partial charge is 0.288 e. The lowest BCUT2D eigenvalue weighted by molar-refractivity contribution is 0.355. The van der Waals surface area contributed by atoms with E-state index >= 15 is 0 Å². The molecule has 0 spiro atoms. The van der Waals surface area contributed by atoms with Gasteiger partial charge in [0.2, 0.25) is 5.95 Å². The number of aromatic amines is 1. The van der Waals surface area contributed by atoms with Crippen LogP contribution in [0.4, 0.5) is 11.6 Å². The first kappa shape index (κ1) is 21.2. The first-order chi connectivity index (χ1) is 16.6. The number of ether oxygens (including phenoxy) is 4. The van der Waals surface area contributed by atoms with Crippen molar-refractivity contribution in [3.63, 3.8) is 0 Å². The molecule has 12 heteroatoms. The van der Waals surface area contributed by atoms with Gasteiger partial charge >= 0.3 is 0 Å². The normalized spacial score (nSPS) is 13.9. The lowest BCUT2D eigenvalue weighted by atomic mass is 9.91. The molecule has 2 aromatic heterocycles. The second-order valence-electron chi connectivity index (χ2n) is 7.34. The summed E-state index contributed by atoms with van der Waals surface area (Å²) in [5, 5.41) is 22.0. The van der Waals surface area contributed by atoms with Crippen LogP contribution in [0, 0.1) is 0 Å². The second-order valence-corrected chi connectivity index (χ2v) is 7.34. The number of anilines is 2. The Balaban J connectivity index is 1.80. The van der Waals surface area contributed by atoms with Crippen molar-refractivity contribution >= 4 is 11.6 Å². The summed E-state index contributed by atoms with van der Waals surface area (Å²) >= 11 is 0. The molecule has 1 aliphatic heterocycles. The largest absolute Gasteiger partial charge is 0.497 e. The summed E-state index contributed by atoms with van der Waals surface area (Å²) in [7, 11) is 6.25. The molecule has 174 valence electrons. The maximum absolute atomic E-state index is 12.9. The maximum Gasteiger partial charge on any atom is 0.288 e. The molecule has 0 amide bonds. The van der Waals surface area contributed by atoms with Crippen molar-refractivity contribution in [3.8, 4) is 34.3 Å². The number of tetrazole rings is 1. The third-order valence-electron chi connectivity index (χ3n) is 5.66. The monoisotopic (exact) mass is 463 g/mol. The molecular weight excluding hydrogens is 442 g/mol. The summed E-state index contributed by atoms with van der Waals surface area (Å²) in [6, 6.07) is 10.2. The van der Waals surface area contributed by atoms with Crippen LogP contribution in [0.1, 0.15) is 17.2 Å². The Labute approximate surface area is 193 Å². The van der Waals surface area contributed by atoms with Gasteiger partial charge in [-0.05, 0) is 40.8 Å². The van der Waals surface area contributed by atoms with Crippen LogP contribution in [-0.4, -0.2) is 58.8 Å². The van der Waals surface area contributed by atoms with Gasteiger partial charge in [0.05, 0.1) is 34.1 Å². The van der Waals surface area contributed by atoms with Gasteiger partial charge in [-0.15, -0.1) is 0 Å². The molecule has 2 aromatic carbocycles. The number of rotatable bonds is 6. The first-order valence-corrected chi connectivity index (χ1v) is 10.2. The van der Waals surface area contributed by atoms with E-state index in [1.165, 1.54) is 0 Å². The van der Waals surface area contributed by atoms with E-state index in [0.717, 1.165) is 0 Å². The highest BCUT2D eigenvalue weighted by Gasteiger charge is 2.36. The fourth-order valence-corrected chi connectivity index (χ4v) is 4.07. The number of benzene rings is 2. The van der Waals surface area contributed by atoms with Crippen molar-refractivity contribution in [1.29, 1.82) is 0 Å². The van der Waals surface area contributed by atoms with Gasteiger partial charge in [0, 0.05) is 22.8 Å². The Morgan fingerprint density at radius 1 is 0.912 bits per heavy atom. The van der Waals surface area contributed by atoms with Crippen molar-refractivity contribution in [1.82, 2.24) is 30.4 Å². The highest BCUT2D eigenvalue weighted by Crippen LogP contribution is 2.45. The Hall–Kier alpha value is -4.61. The van der Waals surface area contributed by atoms with Crippen molar-refractivity contribution in [2.45, 2.75) is 6.04 Å². The van der Waals surface area contributed by atoms with Crippen LogP contribution in [0.3, 0.4) is 0 Å². The van der Waals surface area contributed by atoms with E-state index in [-0.39, 0.29) is 5.69 Å². The molecule has 0 fully saturated rings. The van der Waals surface area contributed by atoms with Gasteiger partial charge < -0.3 is 24.3 Å². The topological polar surface area (TPSA) is 138 Å². The fourth-order valence-electron chi connectivity index (χ4n) is 4.07. The van der Waals surface area contributed by atoms with E-state index in [1.54, 1.807) is 57.4 Å². The summed E-state index contributed by atoms with van der Waals surface area (Å²) in [4.78, 5) is 12.9. The van der Waals surface area contributed by atoms with E-state index in [9.17, 15) is 4.79 Å². The number of nitrogens with zero attached hydrogens (tertiary/aromatic N) is 5. The van der Waals surface area contributed by atoms with Crippen LogP contribution in [-0.2, 0) is 0 Å². The van der Waals surface area contributed by atoms with E-state index < -0.39 is 11.6 Å². The first-order valence-electron chi connectivity index (χ1n) is 10.2. The van der Waals surface area contributed by atoms with E-state index in [1.807, 2.05) is 12.1 Å². The predicted molar refractivity (Wildman–Crippen MR) is 121 cm³/mol. The molecule has 0 saturated carbocycles. The van der Waals surface area contributed by atoms with Crippen LogP contribution in [0.25, 0.3) is 11.3 Å². The molecule has 2 N–H and O–H groups in total. The molecule has 0 saturated heterocycles. The Morgan fingerprint density at radius 2 is 1.71 bits per heavy atom. The van der Waals surface area contributed by atoms with Crippen molar-refractivity contribution in [2.75, 3.05) is 33.8 Å². The number of hydrogen-bond acceptors (Lipinski definition) is 10. The van der Waals surface area contributed by atoms with Crippen LogP contribution < -0.4 is 29.8 Å². The molecule has 0 aliphatic carbocycles. The number of methoxy groups -OCH3 is 4. The highest BCUT2D eigenvalue weighted by atomic mass is 16.5. The van der Waals surface area contributed by atoms with E-state index in [4.69, 9.17) is 18.9 Å². The SMILES string of the molecule is COc1ccc(C2c3c(-c4ccc(OC)c(OC)c4)n[nH]c(=O)c3Nc3nnnn32)c(OC)c1. The zero-order valence-corrected chi connectivity index (χ0v) is 18.8. The van der Waals surface area contributed by atoms with Gasteiger partial charge in [-0.25, -0.2) is 5.10 Å². The van der Waals surface area contributed by atoms with Crippen LogP contribution in [0.15, 0.2) is 41.2 Å². The molecule has 1 unspecified atom stereocenters. The van der Waals surface area contributed by atoms with Gasteiger partial charge in [0.15, 0.2) is 11.5 Å². The molecule has 0 bridgehead atoms. The van der Waals surface area contributed by atoms with Crippen molar-refractivity contribution in [3.05, 3.63) is 57.9 Å². The number of nitrogens with one attached hydrogen (secondary N) is 2. The quantitative estimate of drug-likeness (QED) is 0.385. The summed E-state index contributed by atoms with van der Waals surface area (Å²) < 4.78 is 23.4. The lowest BCUT2D eigenvalue weighted by Gasteiger charge is -2.29. The van der Waals surface area contributed by atoms with Gasteiger partial charge in [-0.2, -0.15) is 9.78 Å². The Morgan fingerprint density at radius 3 is 2.44 bits per heavy atom. The highest BCUT2D eigenvalue weighted by molar-refractivity contribution is 5.77. The standard InChI is InChI=1S/C22H21N7O5/c1-31-12-6-7-13(15(10-12)33-3)20-17-18(11-5-8-14(32-2)16(9-11)34-4)24-25-21(30)19(17)23-22-26-27-28-29(20)22/h5-10,20H,1-4H3,(H,25,30)(H,23,26,28). The summed E-state index contributed by atoms with van der Waals surface area (Å²) in [6.07, 6.45) is 0. The van der Waals surface area contributed by atoms with Crippen molar-refractivity contribution < 1.29 is 18.9 Å². The minimum absolute atomic E-state index is 0.282. The molecule has 3 heterocycles. The summed E-state index contributed by atoms with van der Waals surface area (Å²) in [5.41, 5.74) is 2.36. The van der Waals surface area contributed by atoms with Gasteiger partial charge in [0.25, 0.3) is 5.56 Å². The van der Waals surface area contributed by atoms with Gasteiger partial charge in [-0.3, -0.25) is 4.79 Å². The summed E-state index contributed by atoms with van der Waals surface area (Å²) in [5.74, 6) is 2.56. The summed E-state index contributed by atoms with van der Waals surface area (Å²) in [6.45, 7) is 0. The Bertz CT molecular complexity index is 1430. The Kier molecular flexibility index (Phi) is 5.24. The predicted octanol–water partition coefficient (Wildman–Crippen LogP) is 2.15. The molecule has 5 rings (SSSR count).